The molecule has 0 aliphatic carbocycles. The van der Waals surface area contributed by atoms with Crippen LogP contribution in [0.3, 0.4) is 0 Å². The summed E-state index contributed by atoms with van der Waals surface area (Å²) in [6.45, 7) is 2.35. The minimum Gasteiger partial charge on any atom is -0.489 e. The summed E-state index contributed by atoms with van der Waals surface area (Å²) in [5.74, 6) is 0.737. The number of piperidine rings is 1. The molecule has 2 aromatic rings. The molecule has 3 rings (SSSR count). The van der Waals surface area contributed by atoms with Crippen LogP contribution in [0.25, 0.3) is 5.57 Å². The van der Waals surface area contributed by atoms with Crippen LogP contribution in [0.1, 0.15) is 24.0 Å². The zero-order valence-electron chi connectivity index (χ0n) is 15.0. The van der Waals surface area contributed by atoms with E-state index in [1.54, 1.807) is 18.3 Å². The van der Waals surface area contributed by atoms with Gasteiger partial charge in [0.25, 0.3) is 0 Å². The first-order valence-corrected chi connectivity index (χ1v) is 9.75. The van der Waals surface area contributed by atoms with Crippen LogP contribution >= 0.6 is 23.2 Å². The Labute approximate surface area is 170 Å². The van der Waals surface area contributed by atoms with E-state index in [4.69, 9.17) is 33.7 Å². The summed E-state index contributed by atoms with van der Waals surface area (Å²) in [5, 5.41) is 4.54. The molecule has 1 aliphatic heterocycles. The number of benzene rings is 2. The Morgan fingerprint density at radius 2 is 1.78 bits per heavy atom. The highest BCUT2D eigenvalue weighted by molar-refractivity contribution is 6.35. The molecule has 3 N–H and O–H groups in total. The molecular formula is C21H23Cl2N3O. The molecule has 0 spiro atoms. The number of ether oxygens (including phenoxy) is 1. The summed E-state index contributed by atoms with van der Waals surface area (Å²) in [7, 11) is 0. The molecule has 1 heterocycles. The third-order valence-electron chi connectivity index (χ3n) is 4.55. The highest BCUT2D eigenvalue weighted by atomic mass is 35.5. The van der Waals surface area contributed by atoms with Gasteiger partial charge in [-0.1, -0.05) is 41.4 Å². The second-order valence-corrected chi connectivity index (χ2v) is 7.21. The van der Waals surface area contributed by atoms with E-state index >= 15 is 0 Å². The average Bonchev–Trinajstić information content (AvgIpc) is 2.70. The zero-order chi connectivity index (χ0) is 19.1. The van der Waals surface area contributed by atoms with Gasteiger partial charge in [-0.05, 0) is 55.8 Å². The van der Waals surface area contributed by atoms with Gasteiger partial charge in [0.1, 0.15) is 12.4 Å². The first kappa shape index (κ1) is 19.7. The molecule has 142 valence electrons. The first-order chi connectivity index (χ1) is 13.2. The highest BCUT2D eigenvalue weighted by Crippen LogP contribution is 2.26. The van der Waals surface area contributed by atoms with E-state index in [2.05, 4.69) is 10.3 Å². The molecule has 4 nitrogen and oxygen atoms in total. The lowest BCUT2D eigenvalue weighted by Gasteiger charge is -2.18. The maximum Gasteiger partial charge on any atom is 0.119 e. The normalized spacial score (nSPS) is 16.0. The van der Waals surface area contributed by atoms with Crippen molar-refractivity contribution in [3.8, 4) is 5.75 Å². The summed E-state index contributed by atoms with van der Waals surface area (Å²) in [6, 6.07) is 13.5. The van der Waals surface area contributed by atoms with Crippen molar-refractivity contribution in [1.29, 1.82) is 0 Å². The van der Waals surface area contributed by atoms with Gasteiger partial charge in [0.2, 0.25) is 0 Å². The lowest BCUT2D eigenvalue weighted by molar-refractivity contribution is 0.306. The van der Waals surface area contributed by atoms with Crippen LogP contribution < -0.4 is 15.8 Å². The molecule has 0 bridgehead atoms. The standard InChI is InChI=1S/C21H23Cl2N3O/c22-20-2-1-3-21(23)19(20)14-27-18-6-4-15(5-7-18)16(12-24)13-26-17-8-10-25-11-9-17/h1-7,12-13,17,25H,8-11,14,24H2. The summed E-state index contributed by atoms with van der Waals surface area (Å²) < 4.78 is 5.82. The number of hydrogen-bond acceptors (Lipinski definition) is 4. The van der Waals surface area contributed by atoms with Gasteiger partial charge in [-0.2, -0.15) is 0 Å². The van der Waals surface area contributed by atoms with Gasteiger partial charge >= 0.3 is 0 Å². The van der Waals surface area contributed by atoms with Gasteiger partial charge in [0.15, 0.2) is 0 Å². The largest absolute Gasteiger partial charge is 0.489 e. The number of halogens is 2. The topological polar surface area (TPSA) is 59.6 Å². The third kappa shape index (κ3) is 5.48. The highest BCUT2D eigenvalue weighted by Gasteiger charge is 2.11. The van der Waals surface area contributed by atoms with Crippen molar-refractivity contribution < 1.29 is 4.74 Å². The predicted molar refractivity (Wildman–Crippen MR) is 114 cm³/mol. The van der Waals surface area contributed by atoms with Gasteiger partial charge in [-0.3, -0.25) is 4.99 Å². The van der Waals surface area contributed by atoms with Crippen molar-refractivity contribution >= 4 is 35.0 Å². The maximum atomic E-state index is 6.18. The number of nitrogens with two attached hydrogens (primary N) is 1. The molecular weight excluding hydrogens is 381 g/mol. The Bertz CT molecular complexity index is 792. The Morgan fingerprint density at radius 1 is 1.11 bits per heavy atom. The van der Waals surface area contributed by atoms with Crippen LogP contribution in [0.4, 0.5) is 0 Å². The SMILES string of the molecule is NC=C(C=NC1CCNCC1)c1ccc(OCc2c(Cl)cccc2Cl)cc1. The van der Waals surface area contributed by atoms with Crippen molar-refractivity contribution in [3.63, 3.8) is 0 Å². The molecule has 2 aromatic carbocycles. The lowest BCUT2D eigenvalue weighted by Crippen LogP contribution is -2.29. The molecule has 0 unspecified atom stereocenters. The van der Waals surface area contributed by atoms with Crippen molar-refractivity contribution in [2.45, 2.75) is 25.5 Å². The molecule has 1 fully saturated rings. The minimum absolute atomic E-state index is 0.314. The monoisotopic (exact) mass is 403 g/mol. The molecule has 0 atom stereocenters. The molecule has 0 amide bonds. The van der Waals surface area contributed by atoms with Gasteiger partial charge in [-0.15, -0.1) is 0 Å². The van der Waals surface area contributed by atoms with Gasteiger partial charge in [0.05, 0.1) is 6.04 Å². The van der Waals surface area contributed by atoms with E-state index in [0.29, 0.717) is 22.7 Å². The van der Waals surface area contributed by atoms with Crippen LogP contribution in [0.15, 0.2) is 53.7 Å². The van der Waals surface area contributed by atoms with Crippen LogP contribution in [0.2, 0.25) is 10.0 Å². The predicted octanol–water partition coefficient (Wildman–Crippen LogP) is 4.69. The summed E-state index contributed by atoms with van der Waals surface area (Å²) in [4.78, 5) is 4.67. The lowest BCUT2D eigenvalue weighted by atomic mass is 10.1. The molecule has 0 radical (unpaired) electrons. The van der Waals surface area contributed by atoms with Crippen molar-refractivity contribution in [3.05, 3.63) is 69.8 Å². The second kappa shape index (κ2) is 9.79. The maximum absolute atomic E-state index is 6.18. The number of nitrogens with one attached hydrogen (secondary N) is 1. The van der Waals surface area contributed by atoms with Gasteiger partial charge < -0.3 is 15.8 Å². The van der Waals surface area contributed by atoms with Crippen molar-refractivity contribution in [1.82, 2.24) is 5.32 Å². The fraction of sp³-hybridized carbons (Fsp3) is 0.286. The number of rotatable bonds is 6. The number of nitrogens with zero attached hydrogens (tertiary/aromatic N) is 1. The molecule has 0 aromatic heterocycles. The molecule has 6 heteroatoms. The Balaban J connectivity index is 1.62. The van der Waals surface area contributed by atoms with Gasteiger partial charge in [-0.25, -0.2) is 0 Å². The van der Waals surface area contributed by atoms with E-state index in [1.165, 1.54) is 0 Å². The smallest absolute Gasteiger partial charge is 0.119 e. The van der Waals surface area contributed by atoms with E-state index in [9.17, 15) is 0 Å². The fourth-order valence-electron chi connectivity index (χ4n) is 2.92. The van der Waals surface area contributed by atoms with E-state index in [-0.39, 0.29) is 0 Å². The molecule has 1 saturated heterocycles. The minimum atomic E-state index is 0.314. The van der Waals surface area contributed by atoms with Crippen LogP contribution in [-0.2, 0) is 6.61 Å². The summed E-state index contributed by atoms with van der Waals surface area (Å²) in [5.41, 5.74) is 8.48. The molecule has 1 aliphatic rings. The zero-order valence-corrected chi connectivity index (χ0v) is 16.5. The third-order valence-corrected chi connectivity index (χ3v) is 5.25. The van der Waals surface area contributed by atoms with E-state index in [0.717, 1.165) is 48.4 Å². The average molecular weight is 404 g/mol. The summed E-state index contributed by atoms with van der Waals surface area (Å²) >= 11 is 12.4. The second-order valence-electron chi connectivity index (χ2n) is 6.39. The molecule has 0 saturated carbocycles. The van der Waals surface area contributed by atoms with E-state index < -0.39 is 0 Å². The van der Waals surface area contributed by atoms with Crippen LogP contribution in [0.5, 0.6) is 5.75 Å². The number of allylic oxidation sites excluding steroid dienone is 1. The first-order valence-electron chi connectivity index (χ1n) is 8.99. The van der Waals surface area contributed by atoms with Crippen LogP contribution in [0, 0.1) is 0 Å². The summed E-state index contributed by atoms with van der Waals surface area (Å²) in [6.07, 6.45) is 5.58. The fourth-order valence-corrected chi connectivity index (χ4v) is 3.43. The quantitative estimate of drug-likeness (QED) is 0.687. The van der Waals surface area contributed by atoms with Crippen molar-refractivity contribution in [2.24, 2.45) is 10.7 Å². The van der Waals surface area contributed by atoms with Gasteiger partial charge in [0, 0.05) is 33.6 Å². The Morgan fingerprint density at radius 3 is 2.41 bits per heavy atom. The number of aliphatic imine (C=N–C) groups is 1. The Kier molecular flexibility index (Phi) is 7.16. The van der Waals surface area contributed by atoms with Crippen LogP contribution in [-0.4, -0.2) is 25.3 Å². The molecule has 27 heavy (non-hydrogen) atoms. The number of hydrogen-bond donors (Lipinski definition) is 2. The van der Waals surface area contributed by atoms with E-state index in [1.807, 2.05) is 36.5 Å². The Hall–Kier alpha value is -2.01. The van der Waals surface area contributed by atoms with Crippen molar-refractivity contribution in [2.75, 3.05) is 13.1 Å².